The molecular formula is C20H20O4. The predicted molar refractivity (Wildman–Crippen MR) is 92.6 cm³/mol. The van der Waals surface area contributed by atoms with Gasteiger partial charge in [0, 0.05) is 18.4 Å². The van der Waals surface area contributed by atoms with Crippen molar-refractivity contribution in [2.75, 3.05) is 14.2 Å². The number of Topliss-reactive ketones (excluding diaryl/α,β-unsaturated/α-hetero) is 1. The van der Waals surface area contributed by atoms with Crippen LogP contribution in [0.5, 0.6) is 11.5 Å². The van der Waals surface area contributed by atoms with Crippen molar-refractivity contribution in [3.63, 3.8) is 0 Å². The van der Waals surface area contributed by atoms with Crippen molar-refractivity contribution in [3.05, 3.63) is 64.9 Å². The van der Waals surface area contributed by atoms with Crippen molar-refractivity contribution in [3.8, 4) is 11.5 Å². The molecule has 0 fully saturated rings. The molecule has 0 unspecified atom stereocenters. The molecule has 0 radical (unpaired) electrons. The Labute approximate surface area is 141 Å². The summed E-state index contributed by atoms with van der Waals surface area (Å²) in [6, 6.07) is 13.2. The lowest BCUT2D eigenvalue weighted by Gasteiger charge is -2.20. The fourth-order valence-corrected chi connectivity index (χ4v) is 3.18. The maximum absolute atomic E-state index is 12.4. The fourth-order valence-electron chi connectivity index (χ4n) is 3.18. The Hall–Kier alpha value is -2.75. The van der Waals surface area contributed by atoms with E-state index in [2.05, 4.69) is 0 Å². The van der Waals surface area contributed by atoms with E-state index in [0.29, 0.717) is 29.9 Å². The van der Waals surface area contributed by atoms with Gasteiger partial charge in [0.15, 0.2) is 17.3 Å². The van der Waals surface area contributed by atoms with E-state index in [-0.39, 0.29) is 18.0 Å². The van der Waals surface area contributed by atoms with Crippen molar-refractivity contribution in [1.29, 1.82) is 0 Å². The molecule has 2 aromatic rings. The van der Waals surface area contributed by atoms with Crippen LogP contribution in [-0.4, -0.2) is 25.1 Å². The van der Waals surface area contributed by atoms with Crippen LogP contribution in [0.1, 0.15) is 23.1 Å². The van der Waals surface area contributed by atoms with Gasteiger partial charge in [-0.15, -0.1) is 0 Å². The summed E-state index contributed by atoms with van der Waals surface area (Å²) in [5.41, 5.74) is 3.11. The van der Waals surface area contributed by atoms with Crippen LogP contribution >= 0.6 is 0 Å². The summed E-state index contributed by atoms with van der Waals surface area (Å²) in [5, 5.41) is 10.7. The zero-order chi connectivity index (χ0) is 17.1. The number of rotatable bonds is 4. The Morgan fingerprint density at radius 3 is 2.58 bits per heavy atom. The summed E-state index contributed by atoms with van der Waals surface area (Å²) in [5.74, 6) is 1.22. The monoisotopic (exact) mass is 324 g/mol. The van der Waals surface area contributed by atoms with E-state index < -0.39 is 0 Å². The topological polar surface area (TPSA) is 55.8 Å². The summed E-state index contributed by atoms with van der Waals surface area (Å²) >= 11 is 0. The summed E-state index contributed by atoms with van der Waals surface area (Å²) in [6.45, 7) is 0. The second-order valence-electron chi connectivity index (χ2n) is 5.73. The van der Waals surface area contributed by atoms with Crippen molar-refractivity contribution >= 4 is 11.4 Å². The first-order valence-electron chi connectivity index (χ1n) is 7.89. The van der Waals surface area contributed by atoms with Gasteiger partial charge in [-0.05, 0) is 23.6 Å². The number of ketones is 1. The van der Waals surface area contributed by atoms with Gasteiger partial charge in [0.25, 0.3) is 0 Å². The largest absolute Gasteiger partial charge is 0.511 e. The molecule has 0 spiro atoms. The van der Waals surface area contributed by atoms with Crippen molar-refractivity contribution in [2.45, 2.75) is 19.3 Å². The molecule has 1 N–H and O–H groups in total. The molecule has 0 heterocycles. The normalized spacial score (nSPS) is 15.7. The third-order valence-electron chi connectivity index (χ3n) is 4.32. The number of allylic oxidation sites excluding steroid dienone is 2. The van der Waals surface area contributed by atoms with Gasteiger partial charge in [0.05, 0.1) is 19.8 Å². The molecule has 3 rings (SSSR count). The number of ether oxygens (including phenoxy) is 2. The number of hydrogen-bond donors (Lipinski definition) is 1. The number of hydrogen-bond acceptors (Lipinski definition) is 4. The van der Waals surface area contributed by atoms with Crippen molar-refractivity contribution < 1.29 is 19.4 Å². The maximum Gasteiger partial charge on any atom is 0.167 e. The van der Waals surface area contributed by atoms with E-state index in [4.69, 9.17) is 9.47 Å². The van der Waals surface area contributed by atoms with E-state index >= 15 is 0 Å². The third kappa shape index (κ3) is 2.87. The van der Waals surface area contributed by atoms with E-state index in [1.54, 1.807) is 20.3 Å². The van der Waals surface area contributed by atoms with Gasteiger partial charge in [-0.3, -0.25) is 4.79 Å². The minimum absolute atomic E-state index is 0.0203. The predicted octanol–water partition coefficient (Wildman–Crippen LogP) is 3.73. The molecule has 4 nitrogen and oxygen atoms in total. The van der Waals surface area contributed by atoms with Crippen LogP contribution in [-0.2, 0) is 17.6 Å². The van der Waals surface area contributed by atoms with Crippen LogP contribution in [0.15, 0.2) is 48.2 Å². The number of aryl methyl sites for hydroxylation is 1. The highest BCUT2D eigenvalue weighted by atomic mass is 16.5. The van der Waals surface area contributed by atoms with Gasteiger partial charge in [0.2, 0.25) is 0 Å². The molecule has 1 aliphatic rings. The molecular weight excluding hydrogens is 304 g/mol. The standard InChI is InChI=1S/C20H20O4/c1-23-18-9-5-7-14(20(18)24-2)12-17(22)19-15-8-4-3-6-13(15)10-11-16(19)21/h3-9,22H,10-12H2,1-2H3. The molecule has 0 saturated heterocycles. The number of para-hydroxylation sites is 1. The smallest absolute Gasteiger partial charge is 0.167 e. The van der Waals surface area contributed by atoms with Crippen LogP contribution < -0.4 is 9.47 Å². The molecule has 0 amide bonds. The third-order valence-corrected chi connectivity index (χ3v) is 4.32. The first-order valence-corrected chi connectivity index (χ1v) is 7.89. The van der Waals surface area contributed by atoms with Gasteiger partial charge in [0.1, 0.15) is 5.76 Å². The molecule has 0 atom stereocenters. The first-order chi connectivity index (χ1) is 11.7. The molecule has 0 aliphatic heterocycles. The zero-order valence-corrected chi connectivity index (χ0v) is 13.8. The van der Waals surface area contributed by atoms with E-state index in [9.17, 15) is 9.90 Å². The Morgan fingerprint density at radius 1 is 1.04 bits per heavy atom. The highest BCUT2D eigenvalue weighted by Crippen LogP contribution is 2.35. The Bertz CT molecular complexity index is 805. The SMILES string of the molecule is COc1cccc(CC(O)=C2C(=O)CCc3ccccc32)c1OC. The summed E-state index contributed by atoms with van der Waals surface area (Å²) < 4.78 is 10.7. The minimum Gasteiger partial charge on any atom is -0.511 e. The summed E-state index contributed by atoms with van der Waals surface area (Å²) in [4.78, 5) is 12.4. The molecule has 0 aromatic heterocycles. The minimum atomic E-state index is -0.0203. The van der Waals surface area contributed by atoms with E-state index in [1.165, 1.54) is 0 Å². The average molecular weight is 324 g/mol. The highest BCUT2D eigenvalue weighted by Gasteiger charge is 2.25. The second kappa shape index (κ2) is 6.79. The molecule has 1 aliphatic carbocycles. The number of aliphatic hydroxyl groups excluding tert-OH is 1. The Kier molecular flexibility index (Phi) is 4.56. The number of methoxy groups -OCH3 is 2. The molecule has 2 aromatic carbocycles. The lowest BCUT2D eigenvalue weighted by Crippen LogP contribution is -2.15. The molecule has 4 heteroatoms. The van der Waals surface area contributed by atoms with Crippen LogP contribution in [0, 0.1) is 0 Å². The van der Waals surface area contributed by atoms with Gasteiger partial charge >= 0.3 is 0 Å². The lowest BCUT2D eigenvalue weighted by atomic mass is 9.85. The highest BCUT2D eigenvalue weighted by molar-refractivity contribution is 6.22. The number of fused-ring (bicyclic) bond motifs is 1. The number of carbonyl (C=O) groups excluding carboxylic acids is 1. The quantitative estimate of drug-likeness (QED) is 0.688. The number of carbonyl (C=O) groups is 1. The van der Waals surface area contributed by atoms with Crippen LogP contribution in [0.25, 0.3) is 5.57 Å². The van der Waals surface area contributed by atoms with Gasteiger partial charge in [-0.2, -0.15) is 0 Å². The molecule has 24 heavy (non-hydrogen) atoms. The average Bonchev–Trinajstić information content (AvgIpc) is 2.61. The van der Waals surface area contributed by atoms with Crippen molar-refractivity contribution in [2.24, 2.45) is 0 Å². The number of benzene rings is 2. The van der Waals surface area contributed by atoms with E-state index in [0.717, 1.165) is 16.7 Å². The summed E-state index contributed by atoms with van der Waals surface area (Å²) in [6.07, 6.45) is 1.36. The summed E-state index contributed by atoms with van der Waals surface area (Å²) in [7, 11) is 3.13. The Morgan fingerprint density at radius 2 is 1.83 bits per heavy atom. The molecule has 0 bridgehead atoms. The van der Waals surface area contributed by atoms with E-state index in [1.807, 2.05) is 36.4 Å². The van der Waals surface area contributed by atoms with Gasteiger partial charge < -0.3 is 14.6 Å². The van der Waals surface area contributed by atoms with Crippen LogP contribution in [0.3, 0.4) is 0 Å². The zero-order valence-electron chi connectivity index (χ0n) is 13.8. The van der Waals surface area contributed by atoms with Crippen LogP contribution in [0.2, 0.25) is 0 Å². The van der Waals surface area contributed by atoms with Crippen LogP contribution in [0.4, 0.5) is 0 Å². The first kappa shape index (κ1) is 16.1. The lowest BCUT2D eigenvalue weighted by molar-refractivity contribution is -0.114. The number of aliphatic hydroxyl groups is 1. The maximum atomic E-state index is 12.4. The van der Waals surface area contributed by atoms with Crippen molar-refractivity contribution in [1.82, 2.24) is 0 Å². The molecule has 0 saturated carbocycles. The van der Waals surface area contributed by atoms with Gasteiger partial charge in [-0.1, -0.05) is 36.4 Å². The molecule has 124 valence electrons. The fraction of sp³-hybridized carbons (Fsp3) is 0.250. The second-order valence-corrected chi connectivity index (χ2v) is 5.73. The van der Waals surface area contributed by atoms with Gasteiger partial charge in [-0.25, -0.2) is 0 Å². The Balaban J connectivity index is 2.05.